The van der Waals surface area contributed by atoms with Crippen LogP contribution in [-0.2, 0) is 5.92 Å². The highest BCUT2D eigenvalue weighted by molar-refractivity contribution is 5.60. The van der Waals surface area contributed by atoms with Crippen LogP contribution in [0.5, 0.6) is 5.75 Å². The van der Waals surface area contributed by atoms with Gasteiger partial charge in [0.1, 0.15) is 5.75 Å². The minimum absolute atomic E-state index is 0.00472. The van der Waals surface area contributed by atoms with Crippen LogP contribution in [0.2, 0.25) is 0 Å². The number of fused-ring (bicyclic) bond motifs is 1. The topological polar surface area (TPSA) is 52.3 Å². The molecule has 0 spiro atoms. The van der Waals surface area contributed by atoms with Gasteiger partial charge in [-0.3, -0.25) is 9.38 Å². The van der Waals surface area contributed by atoms with Crippen molar-refractivity contribution in [1.82, 2.24) is 19.6 Å². The summed E-state index contributed by atoms with van der Waals surface area (Å²) in [4.78, 5) is 4.11. The molecule has 0 aliphatic rings. The summed E-state index contributed by atoms with van der Waals surface area (Å²) in [5.41, 5.74) is 1.10. The average molecular weight is 326 g/mol. The summed E-state index contributed by atoms with van der Waals surface area (Å²) in [6.07, 6.45) is 2.67. The Kier molecular flexibility index (Phi) is 3.63. The number of hydrogen-bond acceptors (Lipinski definition) is 4. The highest BCUT2D eigenvalue weighted by Gasteiger charge is 2.31. The van der Waals surface area contributed by atoms with Gasteiger partial charge in [0.05, 0.1) is 11.9 Å². The molecule has 23 heavy (non-hydrogen) atoms. The van der Waals surface area contributed by atoms with Gasteiger partial charge < -0.3 is 4.74 Å². The van der Waals surface area contributed by atoms with Crippen LogP contribution in [0.4, 0.5) is 17.6 Å². The van der Waals surface area contributed by atoms with Gasteiger partial charge in [-0.1, -0.05) is 0 Å². The summed E-state index contributed by atoms with van der Waals surface area (Å²) in [6, 6.07) is 5.68. The molecular formula is C14H10F4N4O. The Bertz CT molecular complexity index is 827. The monoisotopic (exact) mass is 326 g/mol. The number of rotatable bonds is 4. The largest absolute Gasteiger partial charge is 0.435 e. The molecule has 2 heterocycles. The molecule has 0 saturated heterocycles. The van der Waals surface area contributed by atoms with Gasteiger partial charge in [0.15, 0.2) is 5.65 Å². The third-order valence-electron chi connectivity index (χ3n) is 3.06. The van der Waals surface area contributed by atoms with Gasteiger partial charge in [0.2, 0.25) is 5.82 Å². The summed E-state index contributed by atoms with van der Waals surface area (Å²) in [7, 11) is 0. The van der Waals surface area contributed by atoms with E-state index in [9.17, 15) is 17.6 Å². The Balaban J connectivity index is 2.00. The molecule has 2 aromatic heterocycles. The van der Waals surface area contributed by atoms with Crippen LogP contribution >= 0.6 is 0 Å². The molecule has 0 N–H and O–H groups in total. The molecule has 0 aliphatic carbocycles. The average Bonchev–Trinajstić information content (AvgIpc) is 2.90. The van der Waals surface area contributed by atoms with Gasteiger partial charge in [-0.15, -0.1) is 10.2 Å². The summed E-state index contributed by atoms with van der Waals surface area (Å²) in [5, 5.41) is 7.10. The maximum Gasteiger partial charge on any atom is 0.387 e. The first-order valence-corrected chi connectivity index (χ1v) is 6.49. The van der Waals surface area contributed by atoms with Gasteiger partial charge >= 0.3 is 12.5 Å². The van der Waals surface area contributed by atoms with Crippen LogP contribution < -0.4 is 4.74 Å². The lowest BCUT2D eigenvalue weighted by molar-refractivity contribution is -0.0498. The number of nitrogens with zero attached hydrogens (tertiary/aromatic N) is 4. The Morgan fingerprint density at radius 3 is 2.43 bits per heavy atom. The lowest BCUT2D eigenvalue weighted by Gasteiger charge is -2.09. The van der Waals surface area contributed by atoms with Gasteiger partial charge in [-0.25, -0.2) is 0 Å². The second-order valence-electron chi connectivity index (χ2n) is 4.82. The zero-order chi connectivity index (χ0) is 16.6. The van der Waals surface area contributed by atoms with E-state index in [0.29, 0.717) is 11.3 Å². The third kappa shape index (κ3) is 3.08. The van der Waals surface area contributed by atoms with Crippen LogP contribution in [0.15, 0.2) is 36.7 Å². The van der Waals surface area contributed by atoms with Crippen molar-refractivity contribution in [3.05, 3.63) is 42.5 Å². The number of benzene rings is 1. The van der Waals surface area contributed by atoms with Crippen LogP contribution in [0.25, 0.3) is 16.9 Å². The molecule has 3 rings (SSSR count). The predicted octanol–water partition coefficient (Wildman–Crippen LogP) is 3.50. The highest BCUT2D eigenvalue weighted by Crippen LogP contribution is 2.27. The number of halogens is 4. The van der Waals surface area contributed by atoms with E-state index in [0.717, 1.165) is 11.3 Å². The van der Waals surface area contributed by atoms with Gasteiger partial charge in [-0.05, 0) is 24.3 Å². The maximum atomic E-state index is 13.5. The van der Waals surface area contributed by atoms with Crippen LogP contribution in [0.3, 0.4) is 0 Å². The lowest BCUT2D eigenvalue weighted by Crippen LogP contribution is -2.12. The molecule has 9 heteroatoms. The molecule has 0 bridgehead atoms. The van der Waals surface area contributed by atoms with Crippen LogP contribution in [-0.4, -0.2) is 26.2 Å². The molecule has 0 saturated carbocycles. The van der Waals surface area contributed by atoms with E-state index in [1.165, 1.54) is 36.7 Å². The van der Waals surface area contributed by atoms with Gasteiger partial charge in [-0.2, -0.15) is 17.6 Å². The third-order valence-corrected chi connectivity index (χ3v) is 3.06. The number of alkyl halides is 4. The minimum Gasteiger partial charge on any atom is -0.435 e. The van der Waals surface area contributed by atoms with Gasteiger partial charge in [0, 0.05) is 18.7 Å². The zero-order valence-electron chi connectivity index (χ0n) is 11.8. The van der Waals surface area contributed by atoms with Crippen LogP contribution in [0, 0.1) is 0 Å². The Morgan fingerprint density at radius 2 is 1.83 bits per heavy atom. The first kappa shape index (κ1) is 15.2. The van der Waals surface area contributed by atoms with Crippen molar-refractivity contribution in [1.29, 1.82) is 0 Å². The van der Waals surface area contributed by atoms with E-state index in [2.05, 4.69) is 19.9 Å². The lowest BCUT2D eigenvalue weighted by atomic mass is 10.1. The molecule has 0 atom stereocenters. The molecule has 5 nitrogen and oxygen atoms in total. The van der Waals surface area contributed by atoms with E-state index in [1.54, 1.807) is 0 Å². The summed E-state index contributed by atoms with van der Waals surface area (Å²) >= 11 is 0. The molecule has 1 aromatic carbocycles. The smallest absolute Gasteiger partial charge is 0.387 e. The second-order valence-corrected chi connectivity index (χ2v) is 4.82. The SMILES string of the molecule is CC(F)(F)c1nnc2cnc(-c3ccc(OC(F)F)cc3)cn12. The molecule has 0 fully saturated rings. The van der Waals surface area contributed by atoms with E-state index in [-0.39, 0.29) is 11.4 Å². The minimum atomic E-state index is -3.16. The van der Waals surface area contributed by atoms with E-state index in [4.69, 9.17) is 0 Å². The fraction of sp³-hybridized carbons (Fsp3) is 0.214. The summed E-state index contributed by atoms with van der Waals surface area (Å²) < 4.78 is 56.6. The molecular weight excluding hydrogens is 316 g/mol. The predicted molar refractivity (Wildman–Crippen MR) is 72.4 cm³/mol. The standard InChI is InChI=1S/C14H10F4N4O/c1-14(17,18)12-21-20-11-6-19-10(7-22(11)12)8-2-4-9(5-3-8)23-13(15)16/h2-7,13H,1H3. The van der Waals surface area contributed by atoms with Crippen molar-refractivity contribution < 1.29 is 22.3 Å². The Hall–Kier alpha value is -2.71. The van der Waals surface area contributed by atoms with Crippen molar-refractivity contribution in [2.24, 2.45) is 0 Å². The van der Waals surface area contributed by atoms with Crippen molar-refractivity contribution in [2.45, 2.75) is 19.5 Å². The quantitative estimate of drug-likeness (QED) is 0.689. The zero-order valence-corrected chi connectivity index (χ0v) is 11.8. The molecule has 0 amide bonds. The Labute approximate surface area is 127 Å². The number of hydrogen-bond donors (Lipinski definition) is 0. The Morgan fingerprint density at radius 1 is 1.13 bits per heavy atom. The maximum absolute atomic E-state index is 13.5. The number of ether oxygens (including phenoxy) is 1. The molecule has 120 valence electrons. The number of aromatic nitrogens is 4. The fourth-order valence-electron chi connectivity index (χ4n) is 2.06. The van der Waals surface area contributed by atoms with Crippen molar-refractivity contribution in [2.75, 3.05) is 0 Å². The van der Waals surface area contributed by atoms with Crippen molar-refractivity contribution in [3.8, 4) is 17.0 Å². The fourth-order valence-corrected chi connectivity index (χ4v) is 2.06. The molecule has 3 aromatic rings. The summed E-state index contributed by atoms with van der Waals surface area (Å²) in [5.74, 6) is -3.67. The second kappa shape index (κ2) is 5.49. The van der Waals surface area contributed by atoms with E-state index in [1.807, 2.05) is 0 Å². The van der Waals surface area contributed by atoms with Gasteiger partial charge in [0.25, 0.3) is 0 Å². The van der Waals surface area contributed by atoms with E-state index < -0.39 is 18.4 Å². The van der Waals surface area contributed by atoms with Crippen LogP contribution in [0.1, 0.15) is 12.7 Å². The molecule has 0 unspecified atom stereocenters. The first-order chi connectivity index (χ1) is 10.8. The van der Waals surface area contributed by atoms with Crippen molar-refractivity contribution >= 4 is 5.65 Å². The normalized spacial score (nSPS) is 12.1. The van der Waals surface area contributed by atoms with E-state index >= 15 is 0 Å². The molecule has 0 aliphatic heterocycles. The highest BCUT2D eigenvalue weighted by atomic mass is 19.3. The first-order valence-electron chi connectivity index (χ1n) is 6.49. The summed E-state index contributed by atoms with van der Waals surface area (Å²) in [6.45, 7) is -2.19. The van der Waals surface area contributed by atoms with Crippen molar-refractivity contribution in [3.63, 3.8) is 0 Å². The molecule has 0 radical (unpaired) electrons.